The van der Waals surface area contributed by atoms with E-state index in [0.717, 1.165) is 0 Å². The molecule has 0 fully saturated rings. The van der Waals surface area contributed by atoms with Gasteiger partial charge < -0.3 is 30.6 Å². The monoisotopic (exact) mass is 607 g/mol. The van der Waals surface area contributed by atoms with Crippen LogP contribution in [-0.2, 0) is 0 Å². The van der Waals surface area contributed by atoms with Crippen LogP contribution in [0, 0.1) is 11.3 Å². The summed E-state index contributed by atoms with van der Waals surface area (Å²) < 4.78 is 0. The fraction of sp³-hybridized carbons (Fsp3) is 0.0385. The molecule has 2 atom stereocenters. The van der Waals surface area contributed by atoms with Crippen LogP contribution in [0.15, 0.2) is 72.8 Å². The number of aromatic carboxylic acids is 6. The van der Waals surface area contributed by atoms with Crippen LogP contribution in [0.25, 0.3) is 0 Å². The molecule has 0 amide bonds. The van der Waals surface area contributed by atoms with E-state index < -0.39 is 35.8 Å². The summed E-state index contributed by atoms with van der Waals surface area (Å²) in [6.45, 7) is 1.43. The van der Waals surface area contributed by atoms with E-state index in [1.807, 2.05) is 0 Å². The van der Waals surface area contributed by atoms with E-state index >= 15 is 0 Å². The number of hydrogen-bond acceptors (Lipinski definition) is 7. The number of carboxylic acids is 6. The molecular formula is C26H27NO12P2. The Labute approximate surface area is 239 Å². The van der Waals surface area contributed by atoms with Gasteiger partial charge in [-0.25, -0.2) is 28.8 Å². The number of benzene rings is 3. The van der Waals surface area contributed by atoms with Gasteiger partial charge in [0.25, 0.3) is 0 Å². The average Bonchev–Trinajstić information content (AvgIpc) is 2.89. The Balaban J connectivity index is -0.000000492. The van der Waals surface area contributed by atoms with Crippen LogP contribution in [0.4, 0.5) is 0 Å². The van der Waals surface area contributed by atoms with E-state index in [1.54, 1.807) is 6.07 Å². The Bertz CT molecular complexity index is 1160. The largest absolute Gasteiger partial charge is 0.478 e. The Kier molecular flexibility index (Phi) is 20.4. The van der Waals surface area contributed by atoms with Gasteiger partial charge in [0.1, 0.15) is 0 Å². The Morgan fingerprint density at radius 1 is 0.439 bits per heavy atom. The minimum atomic E-state index is -1.23. The highest BCUT2D eigenvalue weighted by atomic mass is 31.0. The summed E-state index contributed by atoms with van der Waals surface area (Å²) in [6, 6.07) is 18.2. The molecular weight excluding hydrogens is 580 g/mol. The lowest BCUT2D eigenvalue weighted by molar-refractivity contribution is 0.0651. The molecule has 0 aromatic heterocycles. The molecule has 0 radical (unpaired) electrons. The van der Waals surface area contributed by atoms with Gasteiger partial charge in [-0.1, -0.05) is 36.4 Å². The third-order valence-electron chi connectivity index (χ3n) is 4.16. The number of nitrogens with zero attached hydrogens (tertiary/aromatic N) is 1. The summed E-state index contributed by atoms with van der Waals surface area (Å²) in [5, 5.41) is 58.6. The molecule has 41 heavy (non-hydrogen) atoms. The topological polar surface area (TPSA) is 248 Å². The molecule has 0 aliphatic heterocycles. The molecule has 0 aliphatic carbocycles. The summed E-state index contributed by atoms with van der Waals surface area (Å²) in [5.41, 5.74) is -1.14. The van der Waals surface area contributed by atoms with Crippen LogP contribution in [0.3, 0.4) is 0 Å². The van der Waals surface area contributed by atoms with Crippen LogP contribution in [0.5, 0.6) is 0 Å². The molecule has 0 heterocycles. The molecule has 13 nitrogen and oxygen atoms in total. The van der Waals surface area contributed by atoms with Gasteiger partial charge in [0, 0.05) is 6.92 Å². The van der Waals surface area contributed by atoms with Gasteiger partial charge in [-0.3, -0.25) is 0 Å². The minimum Gasteiger partial charge on any atom is -0.478 e. The first kappa shape index (κ1) is 40.3. The summed E-state index contributed by atoms with van der Waals surface area (Å²) in [6.07, 6.45) is 0. The Morgan fingerprint density at radius 3 is 0.610 bits per heavy atom. The van der Waals surface area contributed by atoms with Crippen LogP contribution >= 0.6 is 19.8 Å². The maximum atomic E-state index is 10.5. The second-order valence-corrected chi connectivity index (χ2v) is 6.69. The first-order valence-corrected chi connectivity index (χ1v) is 10.3. The number of carboxylic acid groups (broad SMARTS) is 6. The number of nitriles is 1. The van der Waals surface area contributed by atoms with Gasteiger partial charge >= 0.3 is 35.8 Å². The third-order valence-corrected chi connectivity index (χ3v) is 4.16. The Morgan fingerprint density at radius 2 is 0.537 bits per heavy atom. The zero-order chi connectivity index (χ0) is 30.1. The van der Waals surface area contributed by atoms with Crippen molar-refractivity contribution in [3.8, 4) is 6.07 Å². The predicted octanol–water partition coefficient (Wildman–Crippen LogP) is 3.90. The lowest BCUT2D eigenvalue weighted by atomic mass is 10.1. The molecule has 218 valence electrons. The van der Waals surface area contributed by atoms with Crippen molar-refractivity contribution in [3.05, 3.63) is 106 Å². The number of rotatable bonds is 6. The van der Waals surface area contributed by atoms with Crippen LogP contribution in [0.1, 0.15) is 69.1 Å². The molecule has 3 aromatic carbocycles. The summed E-state index contributed by atoms with van der Waals surface area (Å²) in [4.78, 5) is 62.8. The van der Waals surface area contributed by atoms with Crippen LogP contribution in [-0.4, -0.2) is 66.5 Å². The number of hydrogen-bond donors (Lipinski definition) is 6. The van der Waals surface area contributed by atoms with E-state index in [0.29, 0.717) is 0 Å². The lowest BCUT2D eigenvalue weighted by Gasteiger charge is -1.98. The zero-order valence-corrected chi connectivity index (χ0v) is 24.3. The highest BCUT2D eigenvalue weighted by Gasteiger charge is 2.15. The molecule has 0 aliphatic rings. The zero-order valence-electron chi connectivity index (χ0n) is 21.4. The van der Waals surface area contributed by atoms with Crippen molar-refractivity contribution in [2.24, 2.45) is 0 Å². The number of carbonyl (C=O) groups is 6. The molecule has 6 N–H and O–H groups in total. The average molecular weight is 607 g/mol. The maximum Gasteiger partial charge on any atom is 0.336 e. The lowest BCUT2D eigenvalue weighted by Crippen LogP contribution is -2.06. The standard InChI is InChI=1S/3C8H6O4.C2H3N.2H3P/c3*9-7(10)5-3-1-2-4-6(5)8(11)12;1-2-3;;/h3*1-4H,(H,9,10)(H,11,12);1H3;2*1H3. The molecule has 2 unspecified atom stereocenters. The van der Waals surface area contributed by atoms with Gasteiger partial charge in [0.15, 0.2) is 0 Å². The predicted molar refractivity (Wildman–Crippen MR) is 155 cm³/mol. The summed E-state index contributed by atoms with van der Waals surface area (Å²) >= 11 is 0. The van der Waals surface area contributed by atoms with Gasteiger partial charge in [-0.05, 0) is 36.4 Å². The van der Waals surface area contributed by atoms with E-state index in [-0.39, 0.29) is 53.2 Å². The molecule has 3 rings (SSSR count). The highest BCUT2D eigenvalue weighted by molar-refractivity contribution is 6.92. The molecule has 0 spiro atoms. The second-order valence-electron chi connectivity index (χ2n) is 6.69. The van der Waals surface area contributed by atoms with Crippen molar-refractivity contribution < 1.29 is 59.4 Å². The van der Waals surface area contributed by atoms with Gasteiger partial charge in [-0.15, -0.1) is 0 Å². The van der Waals surface area contributed by atoms with E-state index in [1.165, 1.54) is 79.7 Å². The molecule has 3 aromatic rings. The first-order valence-electron chi connectivity index (χ1n) is 10.3. The van der Waals surface area contributed by atoms with Gasteiger partial charge in [0.05, 0.1) is 39.4 Å². The van der Waals surface area contributed by atoms with Gasteiger partial charge in [-0.2, -0.15) is 25.1 Å². The maximum absolute atomic E-state index is 10.5. The van der Waals surface area contributed by atoms with Crippen LogP contribution in [0.2, 0.25) is 0 Å². The molecule has 0 bridgehead atoms. The van der Waals surface area contributed by atoms with Crippen LogP contribution < -0.4 is 0 Å². The van der Waals surface area contributed by atoms with E-state index in [2.05, 4.69) is 0 Å². The van der Waals surface area contributed by atoms with E-state index in [9.17, 15) is 28.8 Å². The fourth-order valence-corrected chi connectivity index (χ4v) is 2.57. The molecule has 15 heteroatoms. The molecule has 0 saturated carbocycles. The third kappa shape index (κ3) is 14.0. The van der Waals surface area contributed by atoms with Gasteiger partial charge in [0.2, 0.25) is 0 Å². The molecule has 0 saturated heterocycles. The van der Waals surface area contributed by atoms with Crippen molar-refractivity contribution in [2.75, 3.05) is 0 Å². The van der Waals surface area contributed by atoms with Crippen molar-refractivity contribution in [1.29, 1.82) is 5.26 Å². The second kappa shape index (κ2) is 20.7. The summed E-state index contributed by atoms with van der Waals surface area (Å²) in [7, 11) is 0. The fourth-order valence-electron chi connectivity index (χ4n) is 2.57. The van der Waals surface area contributed by atoms with Crippen molar-refractivity contribution in [2.45, 2.75) is 6.92 Å². The smallest absolute Gasteiger partial charge is 0.336 e. The van der Waals surface area contributed by atoms with E-state index in [4.69, 9.17) is 35.9 Å². The Hall–Kier alpha value is -5.17. The highest BCUT2D eigenvalue weighted by Crippen LogP contribution is 2.09. The van der Waals surface area contributed by atoms with Crippen molar-refractivity contribution >= 4 is 55.6 Å². The minimum absolute atomic E-state index is 0. The summed E-state index contributed by atoms with van der Waals surface area (Å²) in [5.74, 6) is -7.37. The quantitative estimate of drug-likeness (QED) is 0.218. The van der Waals surface area contributed by atoms with Crippen molar-refractivity contribution in [3.63, 3.8) is 0 Å². The van der Waals surface area contributed by atoms with Crippen molar-refractivity contribution in [1.82, 2.24) is 0 Å². The normalized spacial score (nSPS) is 8.39. The SMILES string of the molecule is CC#N.O=C(O)c1ccccc1C(=O)O.O=C(O)c1ccccc1C(=O)O.O=C(O)c1ccccc1C(=O)O.P.P. The first-order chi connectivity index (χ1) is 18.3.